The summed E-state index contributed by atoms with van der Waals surface area (Å²) >= 11 is 3.92. The van der Waals surface area contributed by atoms with E-state index in [1.54, 1.807) is 0 Å². The fraction of sp³-hybridized carbons (Fsp3) is 0.917. The number of carbonyl (C=O) groups is 1. The maximum atomic E-state index is 11.1. The van der Waals surface area contributed by atoms with Crippen molar-refractivity contribution in [3.8, 4) is 0 Å². The van der Waals surface area contributed by atoms with E-state index in [0.29, 0.717) is 23.2 Å². The zero-order chi connectivity index (χ0) is 10.6. The lowest BCUT2D eigenvalue weighted by atomic mass is 9.66. The van der Waals surface area contributed by atoms with Gasteiger partial charge in [-0.25, -0.2) is 0 Å². The molecule has 0 spiro atoms. The minimum atomic E-state index is 0.0691. The maximum absolute atomic E-state index is 11.1. The highest BCUT2D eigenvalue weighted by molar-refractivity contribution is 7.96. The van der Waals surface area contributed by atoms with Crippen molar-refractivity contribution >= 4 is 17.7 Å². The van der Waals surface area contributed by atoms with Gasteiger partial charge < -0.3 is 0 Å². The molecule has 0 aromatic carbocycles. The predicted molar refractivity (Wildman–Crippen MR) is 61.3 cm³/mol. The highest BCUT2D eigenvalue weighted by Crippen LogP contribution is 2.68. The van der Waals surface area contributed by atoms with E-state index in [1.807, 2.05) is 0 Å². The van der Waals surface area contributed by atoms with Gasteiger partial charge in [-0.05, 0) is 41.9 Å². The molecule has 1 nitrogen and oxygen atoms in total. The first-order valence-electron chi connectivity index (χ1n) is 5.60. The number of carbonyl (C=O) groups excluding carboxylic acids is 1. The van der Waals surface area contributed by atoms with E-state index in [2.05, 4.69) is 33.4 Å². The molecular formula is C12H20OS. The van der Waals surface area contributed by atoms with Crippen LogP contribution in [0.1, 0.15) is 46.5 Å². The van der Waals surface area contributed by atoms with Gasteiger partial charge >= 0.3 is 0 Å². The van der Waals surface area contributed by atoms with E-state index in [4.69, 9.17) is 0 Å². The van der Waals surface area contributed by atoms with Crippen LogP contribution in [0.5, 0.6) is 0 Å². The SMILES string of the molecule is CC1(C)C2CCC1(C)C(CC(=O)S)C2. The van der Waals surface area contributed by atoms with E-state index in [0.717, 1.165) is 5.92 Å². The average Bonchev–Trinajstić information content (AvgIpc) is 2.35. The molecule has 2 bridgehead atoms. The lowest BCUT2D eigenvalue weighted by molar-refractivity contribution is -0.112. The van der Waals surface area contributed by atoms with Gasteiger partial charge in [-0.2, -0.15) is 0 Å². The molecular weight excluding hydrogens is 192 g/mol. The Bertz CT molecular complexity index is 271. The molecule has 0 heterocycles. The zero-order valence-electron chi connectivity index (χ0n) is 9.34. The van der Waals surface area contributed by atoms with Crippen LogP contribution in [-0.2, 0) is 4.79 Å². The van der Waals surface area contributed by atoms with Crippen molar-refractivity contribution in [1.29, 1.82) is 0 Å². The largest absolute Gasteiger partial charge is 0.287 e. The van der Waals surface area contributed by atoms with Gasteiger partial charge in [0.15, 0.2) is 5.12 Å². The van der Waals surface area contributed by atoms with Crippen LogP contribution < -0.4 is 0 Å². The summed E-state index contributed by atoms with van der Waals surface area (Å²) in [6.07, 6.45) is 4.59. The van der Waals surface area contributed by atoms with Crippen LogP contribution in [0.3, 0.4) is 0 Å². The molecule has 0 amide bonds. The third-order valence-electron chi connectivity index (χ3n) is 5.40. The Labute approximate surface area is 92.1 Å². The summed E-state index contributed by atoms with van der Waals surface area (Å²) in [5.41, 5.74) is 0.816. The molecule has 3 unspecified atom stereocenters. The first kappa shape index (κ1) is 10.5. The minimum Gasteiger partial charge on any atom is -0.287 e. The molecule has 0 radical (unpaired) electrons. The number of hydrogen-bond acceptors (Lipinski definition) is 1. The van der Waals surface area contributed by atoms with Gasteiger partial charge in [-0.15, -0.1) is 12.6 Å². The zero-order valence-corrected chi connectivity index (χ0v) is 10.2. The van der Waals surface area contributed by atoms with Crippen molar-refractivity contribution in [3.63, 3.8) is 0 Å². The molecule has 0 aromatic rings. The lowest BCUT2D eigenvalue weighted by Crippen LogP contribution is -2.32. The Kier molecular flexibility index (Phi) is 2.26. The number of thiol groups is 1. The Morgan fingerprint density at radius 1 is 1.43 bits per heavy atom. The molecule has 2 aliphatic carbocycles. The van der Waals surface area contributed by atoms with Gasteiger partial charge in [0.05, 0.1) is 0 Å². The van der Waals surface area contributed by atoms with Crippen LogP contribution in [-0.4, -0.2) is 5.12 Å². The maximum Gasteiger partial charge on any atom is 0.186 e. The summed E-state index contributed by atoms with van der Waals surface area (Å²) in [5.74, 6) is 1.42. The monoisotopic (exact) mass is 212 g/mol. The van der Waals surface area contributed by atoms with Crippen LogP contribution >= 0.6 is 12.6 Å². The van der Waals surface area contributed by atoms with Gasteiger partial charge in [-0.1, -0.05) is 20.8 Å². The van der Waals surface area contributed by atoms with Crippen LogP contribution in [0.2, 0.25) is 0 Å². The van der Waals surface area contributed by atoms with Crippen LogP contribution in [0.4, 0.5) is 0 Å². The van der Waals surface area contributed by atoms with Gasteiger partial charge in [0.2, 0.25) is 0 Å². The van der Waals surface area contributed by atoms with Crippen LogP contribution in [0.15, 0.2) is 0 Å². The molecule has 2 heteroatoms. The van der Waals surface area contributed by atoms with E-state index in [9.17, 15) is 4.79 Å². The molecule has 2 aliphatic rings. The fourth-order valence-electron chi connectivity index (χ4n) is 3.89. The molecule has 2 rings (SSSR count). The summed E-state index contributed by atoms with van der Waals surface area (Å²) in [5, 5.41) is 0.0691. The molecule has 2 saturated carbocycles. The third kappa shape index (κ3) is 1.19. The lowest BCUT2D eigenvalue weighted by Gasteiger charge is -2.39. The number of hydrogen-bond donors (Lipinski definition) is 1. The molecule has 0 saturated heterocycles. The fourth-order valence-corrected chi connectivity index (χ4v) is 4.11. The first-order chi connectivity index (χ1) is 6.38. The van der Waals surface area contributed by atoms with E-state index in [1.165, 1.54) is 19.3 Å². The van der Waals surface area contributed by atoms with Gasteiger partial charge in [0, 0.05) is 6.42 Å². The molecule has 2 fully saturated rings. The van der Waals surface area contributed by atoms with Gasteiger partial charge in [-0.3, -0.25) is 4.79 Å². The summed E-state index contributed by atoms with van der Waals surface area (Å²) in [6, 6.07) is 0. The quantitative estimate of drug-likeness (QED) is 0.695. The summed E-state index contributed by atoms with van der Waals surface area (Å²) in [6.45, 7) is 7.14. The topological polar surface area (TPSA) is 17.1 Å². The highest BCUT2D eigenvalue weighted by Gasteiger charge is 2.60. The van der Waals surface area contributed by atoms with Gasteiger partial charge in [0.25, 0.3) is 0 Å². The van der Waals surface area contributed by atoms with Crippen LogP contribution in [0.25, 0.3) is 0 Å². The van der Waals surface area contributed by atoms with E-state index in [-0.39, 0.29) is 5.12 Å². The molecule has 14 heavy (non-hydrogen) atoms. The molecule has 0 aliphatic heterocycles. The average molecular weight is 212 g/mol. The minimum absolute atomic E-state index is 0.0691. The van der Waals surface area contributed by atoms with Crippen LogP contribution in [0, 0.1) is 22.7 Å². The summed E-state index contributed by atoms with van der Waals surface area (Å²) < 4.78 is 0. The van der Waals surface area contributed by atoms with E-state index >= 15 is 0 Å². The molecule has 3 atom stereocenters. The van der Waals surface area contributed by atoms with Crippen molar-refractivity contribution in [3.05, 3.63) is 0 Å². The summed E-state index contributed by atoms with van der Waals surface area (Å²) in [4.78, 5) is 11.1. The second-order valence-electron chi connectivity index (χ2n) is 5.91. The third-order valence-corrected chi connectivity index (χ3v) is 5.58. The highest BCUT2D eigenvalue weighted by atomic mass is 32.1. The Morgan fingerprint density at radius 3 is 2.43 bits per heavy atom. The second kappa shape index (κ2) is 3.01. The van der Waals surface area contributed by atoms with Crippen molar-refractivity contribution in [2.24, 2.45) is 22.7 Å². The van der Waals surface area contributed by atoms with Crippen molar-refractivity contribution in [2.45, 2.75) is 46.5 Å². The Morgan fingerprint density at radius 2 is 2.07 bits per heavy atom. The second-order valence-corrected chi connectivity index (χ2v) is 6.40. The standard InChI is InChI=1S/C12H20OS/c1-11(2)8-4-5-12(11,3)9(6-8)7-10(13)14/h8-9H,4-7H2,1-3H3,(H,13,14). The van der Waals surface area contributed by atoms with Gasteiger partial charge in [0.1, 0.15) is 0 Å². The van der Waals surface area contributed by atoms with Crippen molar-refractivity contribution in [1.82, 2.24) is 0 Å². The van der Waals surface area contributed by atoms with E-state index < -0.39 is 0 Å². The molecule has 80 valence electrons. The molecule has 0 N–H and O–H groups in total. The number of fused-ring (bicyclic) bond motifs is 2. The predicted octanol–water partition coefficient (Wildman–Crippen LogP) is 3.30. The Balaban J connectivity index is 2.23. The first-order valence-corrected chi connectivity index (χ1v) is 6.04. The van der Waals surface area contributed by atoms with Crippen molar-refractivity contribution in [2.75, 3.05) is 0 Å². The summed E-state index contributed by atoms with van der Waals surface area (Å²) in [7, 11) is 0. The number of rotatable bonds is 2. The Hall–Kier alpha value is 0.0200. The molecule has 0 aromatic heterocycles. The normalized spacial score (nSPS) is 44.3. The van der Waals surface area contributed by atoms with Crippen molar-refractivity contribution < 1.29 is 4.79 Å². The smallest absolute Gasteiger partial charge is 0.186 e.